The Bertz CT molecular complexity index is 472. The molecule has 96 valence electrons. The summed E-state index contributed by atoms with van der Waals surface area (Å²) >= 11 is 0. The van der Waals surface area contributed by atoms with E-state index < -0.39 is 5.54 Å². The number of phenols is 1. The molecule has 1 aliphatic rings. The Morgan fingerprint density at radius 2 is 2.17 bits per heavy atom. The number of hydrogen-bond acceptors (Lipinski definition) is 4. The SMILES string of the molecule is COCc1ccc(C2(N=C=O)CCCC2)cc1O. The summed E-state index contributed by atoms with van der Waals surface area (Å²) in [6.07, 6.45) is 5.45. The van der Waals surface area contributed by atoms with Crippen LogP contribution in [0.15, 0.2) is 23.2 Å². The van der Waals surface area contributed by atoms with Crippen molar-refractivity contribution >= 4 is 6.08 Å². The van der Waals surface area contributed by atoms with E-state index >= 15 is 0 Å². The van der Waals surface area contributed by atoms with E-state index in [0.717, 1.165) is 36.8 Å². The lowest BCUT2D eigenvalue weighted by molar-refractivity contribution is 0.182. The van der Waals surface area contributed by atoms with E-state index in [2.05, 4.69) is 4.99 Å². The summed E-state index contributed by atoms with van der Waals surface area (Å²) in [5.41, 5.74) is 1.15. The van der Waals surface area contributed by atoms with Crippen LogP contribution in [0.5, 0.6) is 5.75 Å². The van der Waals surface area contributed by atoms with Crippen molar-refractivity contribution in [2.24, 2.45) is 4.99 Å². The summed E-state index contributed by atoms with van der Waals surface area (Å²) < 4.78 is 5.00. The fraction of sp³-hybridized carbons (Fsp3) is 0.500. The van der Waals surface area contributed by atoms with Gasteiger partial charge >= 0.3 is 0 Å². The summed E-state index contributed by atoms with van der Waals surface area (Å²) in [5.74, 6) is 0.196. The molecule has 0 unspecified atom stereocenters. The average molecular weight is 247 g/mol. The van der Waals surface area contributed by atoms with Crippen molar-refractivity contribution in [2.45, 2.75) is 37.8 Å². The van der Waals surface area contributed by atoms with Gasteiger partial charge < -0.3 is 9.84 Å². The number of nitrogens with zero attached hydrogens (tertiary/aromatic N) is 1. The predicted octanol–water partition coefficient (Wildman–Crippen LogP) is 2.64. The molecule has 1 aliphatic carbocycles. The minimum atomic E-state index is -0.481. The molecule has 18 heavy (non-hydrogen) atoms. The van der Waals surface area contributed by atoms with Crippen LogP contribution in [0.1, 0.15) is 36.8 Å². The standard InChI is InChI=1S/C14H17NO3/c1-18-9-11-4-5-12(8-13(11)17)14(15-10-16)6-2-3-7-14/h4-5,8,17H,2-3,6-7,9H2,1H3. The second-order valence-corrected chi connectivity index (χ2v) is 4.72. The predicted molar refractivity (Wildman–Crippen MR) is 67.1 cm³/mol. The quantitative estimate of drug-likeness (QED) is 0.657. The number of aliphatic imine (C=N–C) groups is 1. The first-order chi connectivity index (χ1) is 8.72. The molecule has 0 bridgehead atoms. The fourth-order valence-corrected chi connectivity index (χ4v) is 2.64. The number of rotatable bonds is 4. The Kier molecular flexibility index (Phi) is 3.80. The van der Waals surface area contributed by atoms with Crippen molar-refractivity contribution in [2.75, 3.05) is 7.11 Å². The van der Waals surface area contributed by atoms with Crippen LogP contribution in [0, 0.1) is 0 Å². The van der Waals surface area contributed by atoms with Crippen molar-refractivity contribution < 1.29 is 14.6 Å². The summed E-state index contributed by atoms with van der Waals surface area (Å²) in [7, 11) is 1.59. The van der Waals surface area contributed by atoms with E-state index in [4.69, 9.17) is 4.74 Å². The second-order valence-electron chi connectivity index (χ2n) is 4.72. The Labute approximate surface area is 106 Å². The van der Waals surface area contributed by atoms with Crippen molar-refractivity contribution in [3.63, 3.8) is 0 Å². The topological polar surface area (TPSA) is 58.9 Å². The largest absolute Gasteiger partial charge is 0.508 e. The monoisotopic (exact) mass is 247 g/mol. The maximum absolute atomic E-state index is 10.6. The number of phenolic OH excluding ortho intramolecular Hbond substituents is 1. The number of benzene rings is 1. The van der Waals surface area contributed by atoms with E-state index in [1.165, 1.54) is 0 Å². The van der Waals surface area contributed by atoms with Crippen LogP contribution in [0.2, 0.25) is 0 Å². The Balaban J connectivity index is 2.37. The van der Waals surface area contributed by atoms with Gasteiger partial charge in [-0.25, -0.2) is 4.79 Å². The molecule has 1 aromatic rings. The van der Waals surface area contributed by atoms with Gasteiger partial charge in [0.1, 0.15) is 5.75 Å². The van der Waals surface area contributed by atoms with Gasteiger partial charge in [-0.15, -0.1) is 0 Å². The molecule has 4 nitrogen and oxygen atoms in total. The number of ether oxygens (including phenoxy) is 1. The number of hydrogen-bond donors (Lipinski definition) is 1. The van der Waals surface area contributed by atoms with Crippen LogP contribution in [0.4, 0.5) is 0 Å². The molecule has 1 N–H and O–H groups in total. The van der Waals surface area contributed by atoms with E-state index in [1.54, 1.807) is 19.3 Å². The average Bonchev–Trinajstić information content (AvgIpc) is 2.82. The van der Waals surface area contributed by atoms with Crippen LogP contribution < -0.4 is 0 Å². The first-order valence-corrected chi connectivity index (χ1v) is 6.12. The number of isocyanates is 1. The molecular weight excluding hydrogens is 230 g/mol. The van der Waals surface area contributed by atoms with Crippen LogP contribution in [0.3, 0.4) is 0 Å². The highest BCUT2D eigenvalue weighted by Crippen LogP contribution is 2.43. The second kappa shape index (κ2) is 5.34. The Hall–Kier alpha value is -1.64. The smallest absolute Gasteiger partial charge is 0.235 e. The van der Waals surface area contributed by atoms with Crippen molar-refractivity contribution in [3.05, 3.63) is 29.3 Å². The van der Waals surface area contributed by atoms with Gasteiger partial charge in [0.05, 0.1) is 12.1 Å². The highest BCUT2D eigenvalue weighted by atomic mass is 16.5. The highest BCUT2D eigenvalue weighted by Gasteiger charge is 2.35. The third kappa shape index (κ3) is 2.30. The minimum Gasteiger partial charge on any atom is -0.508 e. The fourth-order valence-electron chi connectivity index (χ4n) is 2.64. The van der Waals surface area contributed by atoms with E-state index in [-0.39, 0.29) is 5.75 Å². The molecule has 2 rings (SSSR count). The third-order valence-electron chi connectivity index (χ3n) is 3.61. The molecule has 0 aromatic heterocycles. The molecular formula is C14H17NO3. The van der Waals surface area contributed by atoms with Crippen LogP contribution >= 0.6 is 0 Å². The van der Waals surface area contributed by atoms with Gasteiger partial charge in [-0.3, -0.25) is 0 Å². The maximum atomic E-state index is 10.6. The number of aromatic hydroxyl groups is 1. The van der Waals surface area contributed by atoms with Gasteiger partial charge in [-0.1, -0.05) is 25.0 Å². The molecule has 1 fully saturated rings. The molecule has 0 spiro atoms. The van der Waals surface area contributed by atoms with Gasteiger partial charge in [0, 0.05) is 12.7 Å². The zero-order valence-electron chi connectivity index (χ0n) is 10.5. The first kappa shape index (κ1) is 12.8. The summed E-state index contributed by atoms with van der Waals surface area (Å²) in [6, 6.07) is 5.44. The van der Waals surface area contributed by atoms with Gasteiger partial charge in [0.2, 0.25) is 6.08 Å². The van der Waals surface area contributed by atoms with Gasteiger partial charge in [0.25, 0.3) is 0 Å². The summed E-state index contributed by atoms with van der Waals surface area (Å²) in [6.45, 7) is 0.371. The van der Waals surface area contributed by atoms with E-state index in [0.29, 0.717) is 6.61 Å². The van der Waals surface area contributed by atoms with Gasteiger partial charge in [-0.2, -0.15) is 4.99 Å². The minimum absolute atomic E-state index is 0.196. The lowest BCUT2D eigenvalue weighted by Gasteiger charge is -2.23. The molecule has 0 saturated heterocycles. The van der Waals surface area contributed by atoms with E-state index in [1.807, 2.05) is 12.1 Å². The Morgan fingerprint density at radius 1 is 1.44 bits per heavy atom. The maximum Gasteiger partial charge on any atom is 0.235 e. The molecule has 0 radical (unpaired) electrons. The van der Waals surface area contributed by atoms with Gasteiger partial charge in [0.15, 0.2) is 0 Å². The van der Waals surface area contributed by atoms with Crippen LogP contribution in [-0.4, -0.2) is 18.3 Å². The zero-order valence-corrected chi connectivity index (χ0v) is 10.5. The first-order valence-electron chi connectivity index (χ1n) is 6.12. The summed E-state index contributed by atoms with van der Waals surface area (Å²) in [5, 5.41) is 9.95. The molecule has 0 atom stereocenters. The molecule has 0 aliphatic heterocycles. The molecule has 0 amide bonds. The molecule has 4 heteroatoms. The lowest BCUT2D eigenvalue weighted by Crippen LogP contribution is -2.18. The number of carbonyl (C=O) groups excluding carboxylic acids is 1. The van der Waals surface area contributed by atoms with Crippen molar-refractivity contribution in [1.82, 2.24) is 0 Å². The molecule has 0 heterocycles. The molecule has 1 saturated carbocycles. The van der Waals surface area contributed by atoms with Crippen LogP contribution in [0.25, 0.3) is 0 Å². The van der Waals surface area contributed by atoms with Crippen molar-refractivity contribution in [1.29, 1.82) is 0 Å². The van der Waals surface area contributed by atoms with Gasteiger partial charge in [-0.05, 0) is 24.5 Å². The highest BCUT2D eigenvalue weighted by molar-refractivity contribution is 5.43. The third-order valence-corrected chi connectivity index (χ3v) is 3.61. The Morgan fingerprint density at radius 3 is 2.72 bits per heavy atom. The lowest BCUT2D eigenvalue weighted by atomic mass is 9.88. The zero-order chi connectivity index (χ0) is 13.0. The van der Waals surface area contributed by atoms with Crippen LogP contribution in [-0.2, 0) is 21.7 Å². The van der Waals surface area contributed by atoms with Crippen molar-refractivity contribution in [3.8, 4) is 5.75 Å². The summed E-state index contributed by atoms with van der Waals surface area (Å²) in [4.78, 5) is 14.6. The van der Waals surface area contributed by atoms with E-state index in [9.17, 15) is 9.90 Å². The number of methoxy groups -OCH3 is 1. The normalized spacial score (nSPS) is 17.4. The molecule has 1 aromatic carbocycles.